The fourth-order valence-corrected chi connectivity index (χ4v) is 3.28. The van der Waals surface area contributed by atoms with E-state index in [0.29, 0.717) is 16.4 Å². The Balaban J connectivity index is 2.08. The monoisotopic (exact) mass is 421 g/mol. The third-order valence-corrected chi connectivity index (χ3v) is 4.54. The van der Waals surface area contributed by atoms with Crippen LogP contribution in [0.2, 0.25) is 5.02 Å². The molecule has 0 atom stereocenters. The summed E-state index contributed by atoms with van der Waals surface area (Å²) >= 11 is 6.87. The summed E-state index contributed by atoms with van der Waals surface area (Å²) in [5, 5.41) is 8.58. The number of aromatic nitrogens is 3. The first-order valence-corrected chi connectivity index (χ1v) is 9.37. The lowest BCUT2D eigenvalue weighted by atomic mass is 10.2. The van der Waals surface area contributed by atoms with Crippen LogP contribution >= 0.6 is 23.4 Å². The molecule has 0 fully saturated rings. The molecule has 1 aromatic heterocycles. The SMILES string of the molecule is CC(C)CN(CC(F)(F)F)C(=O)CSc1nnc(-c2cccc(Cl)c2)n1N. The van der Waals surface area contributed by atoms with Crippen molar-refractivity contribution in [2.45, 2.75) is 25.2 Å². The van der Waals surface area contributed by atoms with Crippen LogP contribution < -0.4 is 5.84 Å². The van der Waals surface area contributed by atoms with Gasteiger partial charge in [0.1, 0.15) is 6.54 Å². The molecule has 0 aliphatic heterocycles. The van der Waals surface area contributed by atoms with Crippen molar-refractivity contribution in [1.29, 1.82) is 0 Å². The van der Waals surface area contributed by atoms with Crippen LogP contribution in [0.1, 0.15) is 13.8 Å². The Morgan fingerprint density at radius 2 is 2.07 bits per heavy atom. The first kappa shape index (κ1) is 21.4. The van der Waals surface area contributed by atoms with Crippen molar-refractivity contribution in [2.75, 3.05) is 24.7 Å². The molecule has 0 aliphatic rings. The molecule has 0 aliphatic carbocycles. The van der Waals surface area contributed by atoms with Gasteiger partial charge in [-0.15, -0.1) is 10.2 Å². The summed E-state index contributed by atoms with van der Waals surface area (Å²) in [6.45, 7) is 2.23. The Hall–Kier alpha value is -1.94. The molecule has 1 aromatic carbocycles. The highest BCUT2D eigenvalue weighted by Crippen LogP contribution is 2.24. The number of carbonyl (C=O) groups is 1. The zero-order valence-electron chi connectivity index (χ0n) is 14.7. The molecule has 148 valence electrons. The van der Waals surface area contributed by atoms with Gasteiger partial charge in [0, 0.05) is 17.1 Å². The number of amides is 1. The van der Waals surface area contributed by atoms with E-state index in [1.54, 1.807) is 38.1 Å². The average Bonchev–Trinajstić information content (AvgIpc) is 2.91. The lowest BCUT2D eigenvalue weighted by Crippen LogP contribution is -2.42. The lowest BCUT2D eigenvalue weighted by Gasteiger charge is -2.25. The number of alkyl halides is 3. The zero-order valence-corrected chi connectivity index (χ0v) is 16.3. The van der Waals surface area contributed by atoms with E-state index in [4.69, 9.17) is 17.4 Å². The summed E-state index contributed by atoms with van der Waals surface area (Å²) in [6.07, 6.45) is -4.46. The maximum Gasteiger partial charge on any atom is 0.406 e. The minimum Gasteiger partial charge on any atom is -0.335 e. The number of nitrogens with two attached hydrogens (primary N) is 1. The maximum absolute atomic E-state index is 12.7. The van der Waals surface area contributed by atoms with Crippen molar-refractivity contribution >= 4 is 29.3 Å². The van der Waals surface area contributed by atoms with Gasteiger partial charge in [0.05, 0.1) is 5.75 Å². The molecule has 2 N–H and O–H groups in total. The molecule has 0 saturated carbocycles. The largest absolute Gasteiger partial charge is 0.406 e. The second kappa shape index (κ2) is 8.83. The smallest absolute Gasteiger partial charge is 0.335 e. The molecular formula is C16H19ClF3N5OS. The fraction of sp³-hybridized carbons (Fsp3) is 0.438. The van der Waals surface area contributed by atoms with Crippen LogP contribution in [-0.4, -0.2) is 50.7 Å². The average molecular weight is 422 g/mol. The molecule has 6 nitrogen and oxygen atoms in total. The van der Waals surface area contributed by atoms with Gasteiger partial charge in [0.25, 0.3) is 0 Å². The van der Waals surface area contributed by atoms with Crippen molar-refractivity contribution in [3.05, 3.63) is 29.3 Å². The molecule has 0 bridgehead atoms. The summed E-state index contributed by atoms with van der Waals surface area (Å²) in [7, 11) is 0. The van der Waals surface area contributed by atoms with E-state index in [9.17, 15) is 18.0 Å². The standard InChI is InChI=1S/C16H19ClF3N5OS/c1-10(2)7-24(9-16(18,19)20)13(26)8-27-15-23-22-14(25(15)21)11-4-3-5-12(17)6-11/h3-6,10H,7-9,21H2,1-2H3. The molecule has 2 rings (SSSR count). The summed E-state index contributed by atoms with van der Waals surface area (Å²) in [4.78, 5) is 13.1. The Bertz CT molecular complexity index is 797. The minimum atomic E-state index is -4.46. The lowest BCUT2D eigenvalue weighted by molar-refractivity contribution is -0.160. The van der Waals surface area contributed by atoms with Crippen molar-refractivity contribution in [3.8, 4) is 11.4 Å². The number of rotatable bonds is 7. The Morgan fingerprint density at radius 3 is 2.67 bits per heavy atom. The van der Waals surface area contributed by atoms with Gasteiger partial charge in [-0.05, 0) is 18.1 Å². The Morgan fingerprint density at radius 1 is 1.37 bits per heavy atom. The number of hydrogen-bond acceptors (Lipinski definition) is 5. The molecule has 0 spiro atoms. The van der Waals surface area contributed by atoms with Crippen molar-refractivity contribution in [1.82, 2.24) is 19.8 Å². The second-order valence-corrected chi connectivity index (χ2v) is 7.64. The molecule has 27 heavy (non-hydrogen) atoms. The van der Waals surface area contributed by atoms with E-state index in [1.165, 1.54) is 4.68 Å². The fourth-order valence-electron chi connectivity index (χ4n) is 2.33. The normalized spacial score (nSPS) is 11.8. The van der Waals surface area contributed by atoms with Crippen LogP contribution in [0, 0.1) is 5.92 Å². The summed E-state index contributed by atoms with van der Waals surface area (Å²) in [5.74, 6) is 5.33. The number of thioether (sulfide) groups is 1. The van der Waals surface area contributed by atoms with Crippen LogP contribution in [-0.2, 0) is 4.79 Å². The van der Waals surface area contributed by atoms with E-state index in [2.05, 4.69) is 10.2 Å². The third-order valence-electron chi connectivity index (χ3n) is 3.38. The molecule has 0 radical (unpaired) electrons. The minimum absolute atomic E-state index is 0.0159. The molecule has 1 amide bonds. The Kier molecular flexibility index (Phi) is 6.99. The van der Waals surface area contributed by atoms with Crippen molar-refractivity contribution in [3.63, 3.8) is 0 Å². The third kappa shape index (κ3) is 6.31. The number of nitrogen functional groups attached to an aromatic ring is 1. The van der Waals surface area contributed by atoms with Crippen LogP contribution in [0.25, 0.3) is 11.4 Å². The van der Waals surface area contributed by atoms with E-state index in [-0.39, 0.29) is 23.4 Å². The number of hydrogen-bond donors (Lipinski definition) is 1. The van der Waals surface area contributed by atoms with Gasteiger partial charge in [-0.25, -0.2) is 4.68 Å². The van der Waals surface area contributed by atoms with Gasteiger partial charge in [-0.2, -0.15) is 13.2 Å². The number of benzene rings is 1. The highest BCUT2D eigenvalue weighted by Gasteiger charge is 2.33. The molecular weight excluding hydrogens is 403 g/mol. The second-order valence-electron chi connectivity index (χ2n) is 6.26. The topological polar surface area (TPSA) is 77.0 Å². The highest BCUT2D eigenvalue weighted by atomic mass is 35.5. The first-order valence-electron chi connectivity index (χ1n) is 8.00. The van der Waals surface area contributed by atoms with Gasteiger partial charge in [0.15, 0.2) is 5.82 Å². The van der Waals surface area contributed by atoms with Gasteiger partial charge in [-0.3, -0.25) is 4.79 Å². The van der Waals surface area contributed by atoms with Crippen LogP contribution in [0.5, 0.6) is 0 Å². The number of halogens is 4. The summed E-state index contributed by atoms with van der Waals surface area (Å²) < 4.78 is 39.3. The summed E-state index contributed by atoms with van der Waals surface area (Å²) in [6, 6.07) is 6.82. The van der Waals surface area contributed by atoms with Crippen molar-refractivity contribution < 1.29 is 18.0 Å². The molecule has 1 heterocycles. The number of nitrogens with zero attached hydrogens (tertiary/aromatic N) is 4. The van der Waals surface area contributed by atoms with Crippen LogP contribution in [0.3, 0.4) is 0 Å². The molecule has 2 aromatic rings. The van der Waals surface area contributed by atoms with E-state index < -0.39 is 18.6 Å². The first-order chi connectivity index (χ1) is 12.6. The molecule has 0 unspecified atom stereocenters. The molecule has 0 saturated heterocycles. The maximum atomic E-state index is 12.7. The predicted octanol–water partition coefficient (Wildman–Crippen LogP) is 3.45. The summed E-state index contributed by atoms with van der Waals surface area (Å²) in [5.41, 5.74) is 0.634. The van der Waals surface area contributed by atoms with Gasteiger partial charge >= 0.3 is 6.18 Å². The predicted molar refractivity (Wildman–Crippen MR) is 98.8 cm³/mol. The van der Waals surface area contributed by atoms with E-state index in [1.807, 2.05) is 0 Å². The van der Waals surface area contributed by atoms with Crippen molar-refractivity contribution in [2.24, 2.45) is 5.92 Å². The highest BCUT2D eigenvalue weighted by molar-refractivity contribution is 7.99. The van der Waals surface area contributed by atoms with Gasteiger partial charge in [0.2, 0.25) is 11.1 Å². The molecule has 11 heteroatoms. The zero-order chi connectivity index (χ0) is 20.2. The quantitative estimate of drug-likeness (QED) is 0.547. The van der Waals surface area contributed by atoms with Crippen LogP contribution in [0.15, 0.2) is 29.4 Å². The van der Waals surface area contributed by atoms with E-state index in [0.717, 1.165) is 16.7 Å². The Labute approximate surface area is 163 Å². The van der Waals surface area contributed by atoms with Crippen LogP contribution in [0.4, 0.5) is 13.2 Å². The number of carbonyl (C=O) groups excluding carboxylic acids is 1. The van der Waals surface area contributed by atoms with Gasteiger partial charge in [-0.1, -0.05) is 49.3 Å². The van der Waals surface area contributed by atoms with Gasteiger partial charge < -0.3 is 10.7 Å². The van der Waals surface area contributed by atoms with E-state index >= 15 is 0 Å².